The standard InChI is InChI=1S/C24H24N2O4S/c1-17-9-11-18(12-10-17)22-16-23(21-15-19(29-2)13-14-24(21)30-3)26(25-22)31(27,28)20-7-5-4-6-8-20/h4-15,23H,16H2,1-3H3/t23-/m1/s1. The number of benzene rings is 3. The van der Waals surface area contributed by atoms with Gasteiger partial charge in [-0.05, 0) is 42.8 Å². The third kappa shape index (κ3) is 4.01. The van der Waals surface area contributed by atoms with Crippen LogP contribution in [0.2, 0.25) is 0 Å². The van der Waals surface area contributed by atoms with E-state index in [1.54, 1.807) is 56.7 Å². The van der Waals surface area contributed by atoms with Gasteiger partial charge < -0.3 is 9.47 Å². The van der Waals surface area contributed by atoms with Crippen molar-refractivity contribution in [3.05, 3.63) is 89.5 Å². The Kier molecular flexibility index (Phi) is 5.69. The molecule has 1 heterocycles. The second-order valence-corrected chi connectivity index (χ2v) is 9.13. The highest BCUT2D eigenvalue weighted by Gasteiger charge is 2.39. The summed E-state index contributed by atoms with van der Waals surface area (Å²) in [6.07, 6.45) is 0.415. The summed E-state index contributed by atoms with van der Waals surface area (Å²) in [5, 5.41) is 4.59. The summed E-state index contributed by atoms with van der Waals surface area (Å²) in [6, 6.07) is 21.1. The van der Waals surface area contributed by atoms with Crippen LogP contribution < -0.4 is 9.47 Å². The van der Waals surface area contributed by atoms with E-state index in [0.29, 0.717) is 29.2 Å². The molecule has 1 atom stereocenters. The van der Waals surface area contributed by atoms with Gasteiger partial charge in [0.15, 0.2) is 0 Å². The SMILES string of the molecule is COc1ccc(OC)c([C@H]2CC(c3ccc(C)cc3)=NN2S(=O)(=O)c2ccccc2)c1. The summed E-state index contributed by atoms with van der Waals surface area (Å²) in [4.78, 5) is 0.191. The Bertz CT molecular complexity index is 1210. The predicted octanol–water partition coefficient (Wildman–Crippen LogP) is 4.55. The maximum atomic E-state index is 13.6. The van der Waals surface area contributed by atoms with Crippen molar-refractivity contribution in [2.75, 3.05) is 14.2 Å². The Labute approximate surface area is 182 Å². The van der Waals surface area contributed by atoms with Crippen molar-refractivity contribution in [1.82, 2.24) is 4.41 Å². The molecule has 0 saturated carbocycles. The molecule has 31 heavy (non-hydrogen) atoms. The van der Waals surface area contributed by atoms with E-state index >= 15 is 0 Å². The van der Waals surface area contributed by atoms with Gasteiger partial charge in [-0.2, -0.15) is 17.9 Å². The predicted molar refractivity (Wildman–Crippen MR) is 120 cm³/mol. The number of rotatable bonds is 6. The summed E-state index contributed by atoms with van der Waals surface area (Å²) in [5.74, 6) is 1.20. The molecule has 6 nitrogen and oxygen atoms in total. The van der Waals surface area contributed by atoms with Crippen molar-refractivity contribution < 1.29 is 17.9 Å². The van der Waals surface area contributed by atoms with Gasteiger partial charge in [0.05, 0.1) is 30.9 Å². The van der Waals surface area contributed by atoms with Crippen LogP contribution in [0.1, 0.15) is 29.2 Å². The number of sulfonamides is 1. The Balaban J connectivity index is 1.85. The highest BCUT2D eigenvalue weighted by Crippen LogP contribution is 2.42. The Morgan fingerprint density at radius 3 is 2.29 bits per heavy atom. The molecule has 0 amide bonds. The van der Waals surface area contributed by atoms with E-state index in [2.05, 4.69) is 5.10 Å². The first-order valence-corrected chi connectivity index (χ1v) is 11.3. The van der Waals surface area contributed by atoms with Crippen molar-refractivity contribution >= 4 is 15.7 Å². The zero-order valence-electron chi connectivity index (χ0n) is 17.6. The van der Waals surface area contributed by atoms with Gasteiger partial charge in [0.2, 0.25) is 0 Å². The minimum absolute atomic E-state index is 0.191. The molecule has 0 radical (unpaired) electrons. The molecular formula is C24H24N2O4S. The molecule has 3 aromatic rings. The van der Waals surface area contributed by atoms with Crippen LogP contribution in [-0.2, 0) is 10.0 Å². The Morgan fingerprint density at radius 2 is 1.65 bits per heavy atom. The minimum Gasteiger partial charge on any atom is -0.497 e. The fourth-order valence-corrected chi connectivity index (χ4v) is 5.11. The van der Waals surface area contributed by atoms with Gasteiger partial charge in [-0.15, -0.1) is 0 Å². The van der Waals surface area contributed by atoms with E-state index < -0.39 is 16.1 Å². The monoisotopic (exact) mass is 436 g/mol. The van der Waals surface area contributed by atoms with E-state index in [9.17, 15) is 8.42 Å². The lowest BCUT2D eigenvalue weighted by molar-refractivity contribution is 0.346. The molecule has 160 valence electrons. The molecule has 0 fully saturated rings. The van der Waals surface area contributed by atoms with Gasteiger partial charge in [-0.1, -0.05) is 48.0 Å². The van der Waals surface area contributed by atoms with Crippen molar-refractivity contribution in [2.24, 2.45) is 5.10 Å². The smallest absolute Gasteiger partial charge is 0.279 e. The summed E-state index contributed by atoms with van der Waals surface area (Å²) in [5.41, 5.74) is 3.42. The average molecular weight is 437 g/mol. The molecule has 0 spiro atoms. The maximum absolute atomic E-state index is 13.6. The molecule has 1 aliphatic heterocycles. The van der Waals surface area contributed by atoms with Crippen LogP contribution in [0.5, 0.6) is 11.5 Å². The van der Waals surface area contributed by atoms with Crippen LogP contribution in [0.3, 0.4) is 0 Å². The molecule has 0 aliphatic carbocycles. The van der Waals surface area contributed by atoms with Crippen LogP contribution in [0.25, 0.3) is 0 Å². The average Bonchev–Trinajstić information content (AvgIpc) is 3.26. The van der Waals surface area contributed by atoms with Gasteiger partial charge >= 0.3 is 0 Å². The Hall–Kier alpha value is -3.32. The summed E-state index contributed by atoms with van der Waals surface area (Å²) < 4.78 is 39.2. The van der Waals surface area contributed by atoms with E-state index in [1.165, 1.54) is 4.41 Å². The van der Waals surface area contributed by atoms with Gasteiger partial charge in [-0.3, -0.25) is 0 Å². The van der Waals surface area contributed by atoms with E-state index in [4.69, 9.17) is 9.47 Å². The van der Waals surface area contributed by atoms with Gasteiger partial charge in [0.1, 0.15) is 11.5 Å². The number of ether oxygens (including phenoxy) is 2. The molecule has 0 unspecified atom stereocenters. The zero-order valence-corrected chi connectivity index (χ0v) is 18.5. The fourth-order valence-electron chi connectivity index (χ4n) is 3.66. The second kappa shape index (κ2) is 8.43. The van der Waals surface area contributed by atoms with Gasteiger partial charge in [-0.25, -0.2) is 0 Å². The lowest BCUT2D eigenvalue weighted by Gasteiger charge is -2.25. The summed E-state index contributed by atoms with van der Waals surface area (Å²) >= 11 is 0. The first-order valence-electron chi connectivity index (χ1n) is 9.90. The first kappa shape index (κ1) is 20.9. The summed E-state index contributed by atoms with van der Waals surface area (Å²) in [7, 11) is -0.736. The molecule has 0 saturated heterocycles. The highest BCUT2D eigenvalue weighted by molar-refractivity contribution is 7.89. The van der Waals surface area contributed by atoms with Crippen molar-refractivity contribution in [2.45, 2.75) is 24.3 Å². The number of hydrogen-bond donors (Lipinski definition) is 0. The lowest BCUT2D eigenvalue weighted by Crippen LogP contribution is -2.27. The van der Waals surface area contributed by atoms with Crippen LogP contribution >= 0.6 is 0 Å². The van der Waals surface area contributed by atoms with Crippen LogP contribution in [-0.4, -0.2) is 32.8 Å². The quantitative estimate of drug-likeness (QED) is 0.568. The van der Waals surface area contributed by atoms with Crippen molar-refractivity contribution in [3.8, 4) is 11.5 Å². The van der Waals surface area contributed by atoms with E-state index in [1.807, 2.05) is 37.3 Å². The first-order chi connectivity index (χ1) is 14.9. The van der Waals surface area contributed by atoms with E-state index in [0.717, 1.165) is 11.1 Å². The number of methoxy groups -OCH3 is 2. The third-order valence-electron chi connectivity index (χ3n) is 5.34. The second-order valence-electron chi connectivity index (χ2n) is 7.33. The summed E-state index contributed by atoms with van der Waals surface area (Å²) in [6.45, 7) is 2.01. The normalized spacial score (nSPS) is 16.2. The van der Waals surface area contributed by atoms with E-state index in [-0.39, 0.29) is 4.90 Å². The molecule has 0 aromatic heterocycles. The number of aryl methyl sites for hydroxylation is 1. The molecule has 4 rings (SSSR count). The molecule has 7 heteroatoms. The topological polar surface area (TPSA) is 68.2 Å². The number of hydrazone groups is 1. The molecule has 1 aliphatic rings. The highest BCUT2D eigenvalue weighted by atomic mass is 32.2. The van der Waals surface area contributed by atoms with Crippen molar-refractivity contribution in [3.63, 3.8) is 0 Å². The van der Waals surface area contributed by atoms with Crippen LogP contribution in [0.4, 0.5) is 0 Å². The van der Waals surface area contributed by atoms with Crippen LogP contribution in [0.15, 0.2) is 82.8 Å². The van der Waals surface area contributed by atoms with Crippen molar-refractivity contribution in [1.29, 1.82) is 0 Å². The molecule has 3 aromatic carbocycles. The maximum Gasteiger partial charge on any atom is 0.279 e. The minimum atomic E-state index is -3.88. The molecule has 0 N–H and O–H groups in total. The number of hydrogen-bond acceptors (Lipinski definition) is 5. The van der Waals surface area contributed by atoms with Crippen LogP contribution in [0, 0.1) is 6.92 Å². The van der Waals surface area contributed by atoms with Gasteiger partial charge in [0.25, 0.3) is 10.0 Å². The largest absolute Gasteiger partial charge is 0.497 e. The fraction of sp³-hybridized carbons (Fsp3) is 0.208. The molecule has 0 bridgehead atoms. The number of nitrogens with zero attached hydrogens (tertiary/aromatic N) is 2. The third-order valence-corrected chi connectivity index (χ3v) is 7.04. The molecular weight excluding hydrogens is 412 g/mol. The van der Waals surface area contributed by atoms with Gasteiger partial charge in [0, 0.05) is 12.0 Å². The Morgan fingerprint density at radius 1 is 0.935 bits per heavy atom. The zero-order chi connectivity index (χ0) is 22.0. The lowest BCUT2D eigenvalue weighted by atomic mass is 9.97.